The number of aryl methyl sites for hydroxylation is 2. The highest BCUT2D eigenvalue weighted by Crippen LogP contribution is 2.32. The maximum absolute atomic E-state index is 13.1. The van der Waals surface area contributed by atoms with E-state index in [9.17, 15) is 9.59 Å². The third-order valence-corrected chi connectivity index (χ3v) is 6.15. The number of amides is 1. The number of hydrogen-bond donors (Lipinski definition) is 2. The average molecular weight is 419 g/mol. The first kappa shape index (κ1) is 19.6. The number of pyridine rings is 1. The number of fused-ring (bicyclic) bond motifs is 3. The molecule has 0 aliphatic carbocycles. The quantitative estimate of drug-likeness (QED) is 0.682. The number of anilines is 1. The summed E-state index contributed by atoms with van der Waals surface area (Å²) >= 11 is 0. The van der Waals surface area contributed by atoms with E-state index in [-0.39, 0.29) is 17.9 Å². The first-order valence-electron chi connectivity index (χ1n) is 10.6. The van der Waals surface area contributed by atoms with Gasteiger partial charge in [-0.1, -0.05) is 6.07 Å². The molecule has 2 aliphatic rings. The summed E-state index contributed by atoms with van der Waals surface area (Å²) < 4.78 is 11.1. The molecule has 0 spiro atoms. The van der Waals surface area contributed by atoms with Crippen molar-refractivity contribution in [3.05, 3.63) is 62.9 Å². The van der Waals surface area contributed by atoms with Gasteiger partial charge >= 0.3 is 0 Å². The predicted octanol–water partition coefficient (Wildman–Crippen LogP) is 2.91. The molecule has 160 valence electrons. The molecule has 7 nitrogen and oxygen atoms in total. The first-order chi connectivity index (χ1) is 15.0. The molecule has 1 aromatic heterocycles. The van der Waals surface area contributed by atoms with Crippen molar-refractivity contribution in [3.8, 4) is 11.5 Å². The van der Waals surface area contributed by atoms with Crippen molar-refractivity contribution < 1.29 is 14.3 Å². The largest absolute Gasteiger partial charge is 0.486 e. The molecule has 3 heterocycles. The van der Waals surface area contributed by atoms with Crippen molar-refractivity contribution in [2.75, 3.05) is 31.6 Å². The van der Waals surface area contributed by atoms with Gasteiger partial charge in [0.1, 0.15) is 13.2 Å². The minimum Gasteiger partial charge on any atom is -0.486 e. The van der Waals surface area contributed by atoms with Gasteiger partial charge < -0.3 is 19.8 Å². The number of ether oxygens (including phenoxy) is 2. The van der Waals surface area contributed by atoms with Gasteiger partial charge in [0, 0.05) is 47.9 Å². The zero-order chi connectivity index (χ0) is 21.5. The monoisotopic (exact) mass is 419 g/mol. The van der Waals surface area contributed by atoms with Crippen molar-refractivity contribution in [2.45, 2.75) is 26.8 Å². The summed E-state index contributed by atoms with van der Waals surface area (Å²) in [7, 11) is 0. The Morgan fingerprint density at radius 3 is 2.77 bits per heavy atom. The van der Waals surface area contributed by atoms with Crippen LogP contribution < -0.4 is 20.2 Å². The molecule has 3 aromatic rings. The van der Waals surface area contributed by atoms with Crippen LogP contribution in [-0.4, -0.2) is 42.1 Å². The Morgan fingerprint density at radius 1 is 1.13 bits per heavy atom. The number of carbonyl (C=O) groups is 1. The lowest BCUT2D eigenvalue weighted by Gasteiger charge is -2.28. The van der Waals surface area contributed by atoms with E-state index in [1.54, 1.807) is 18.2 Å². The second-order valence-electron chi connectivity index (χ2n) is 8.21. The van der Waals surface area contributed by atoms with Gasteiger partial charge in [0.25, 0.3) is 0 Å². The lowest BCUT2D eigenvalue weighted by Crippen LogP contribution is -2.39. The minimum atomic E-state index is -0.121. The Balaban J connectivity index is 1.32. The van der Waals surface area contributed by atoms with Crippen molar-refractivity contribution in [1.82, 2.24) is 9.88 Å². The standard InChI is InChI=1S/C24H25N3O4/c1-14-3-5-17-23(15(14)2)26-19-7-8-27(12-18(19)24(17)29)13-22(28)25-16-4-6-20-21(11-16)31-10-9-30-20/h3-6,11H,7-10,12-13H2,1-2H3,(H,25,28)(H,26,29). The SMILES string of the molecule is Cc1ccc2c(=O)c3c([nH]c2c1C)CCN(CC(=O)Nc1ccc2c(c1)OCCO2)C3. The Morgan fingerprint density at radius 2 is 1.94 bits per heavy atom. The Kier molecular flexibility index (Phi) is 4.90. The van der Waals surface area contributed by atoms with E-state index in [2.05, 4.69) is 17.2 Å². The van der Waals surface area contributed by atoms with Gasteiger partial charge in [0.05, 0.1) is 12.1 Å². The number of hydrogen-bond acceptors (Lipinski definition) is 5. The second kappa shape index (κ2) is 7.74. The molecule has 0 fully saturated rings. The van der Waals surface area contributed by atoms with E-state index in [0.29, 0.717) is 55.3 Å². The van der Waals surface area contributed by atoms with Crippen LogP contribution in [0.25, 0.3) is 10.9 Å². The number of benzene rings is 2. The van der Waals surface area contributed by atoms with E-state index in [0.717, 1.165) is 27.9 Å². The van der Waals surface area contributed by atoms with Gasteiger partial charge in [0.2, 0.25) is 5.91 Å². The molecule has 2 aliphatic heterocycles. The maximum Gasteiger partial charge on any atom is 0.238 e. The zero-order valence-electron chi connectivity index (χ0n) is 17.7. The van der Waals surface area contributed by atoms with Crippen LogP contribution in [0.15, 0.2) is 35.1 Å². The molecule has 0 radical (unpaired) electrons. The minimum absolute atomic E-state index is 0.0591. The fraction of sp³-hybridized carbons (Fsp3) is 0.333. The van der Waals surface area contributed by atoms with Gasteiger partial charge in [-0.15, -0.1) is 0 Å². The molecule has 31 heavy (non-hydrogen) atoms. The van der Waals surface area contributed by atoms with Crippen LogP contribution in [0.2, 0.25) is 0 Å². The van der Waals surface area contributed by atoms with Crippen molar-refractivity contribution >= 4 is 22.5 Å². The number of rotatable bonds is 3. The summed E-state index contributed by atoms with van der Waals surface area (Å²) in [6, 6.07) is 9.26. The second-order valence-corrected chi connectivity index (χ2v) is 8.21. The fourth-order valence-corrected chi connectivity index (χ4v) is 4.30. The number of aromatic nitrogens is 1. The highest BCUT2D eigenvalue weighted by molar-refractivity contribution is 5.92. The first-order valence-corrected chi connectivity index (χ1v) is 10.6. The van der Waals surface area contributed by atoms with Gasteiger partial charge in [-0.05, 0) is 43.2 Å². The predicted molar refractivity (Wildman–Crippen MR) is 119 cm³/mol. The van der Waals surface area contributed by atoms with E-state index >= 15 is 0 Å². The normalized spacial score (nSPS) is 15.5. The van der Waals surface area contributed by atoms with Crippen LogP contribution in [-0.2, 0) is 17.8 Å². The highest BCUT2D eigenvalue weighted by Gasteiger charge is 2.23. The summed E-state index contributed by atoms with van der Waals surface area (Å²) in [6.07, 6.45) is 0.713. The maximum atomic E-state index is 13.1. The molecular formula is C24H25N3O4. The Labute approximate surface area is 180 Å². The molecule has 5 rings (SSSR count). The summed E-state index contributed by atoms with van der Waals surface area (Å²) in [4.78, 5) is 31.3. The van der Waals surface area contributed by atoms with Gasteiger partial charge in [-0.3, -0.25) is 14.5 Å². The van der Waals surface area contributed by atoms with Crippen LogP contribution in [0.3, 0.4) is 0 Å². The fourth-order valence-electron chi connectivity index (χ4n) is 4.30. The van der Waals surface area contributed by atoms with Crippen molar-refractivity contribution in [2.24, 2.45) is 0 Å². The third kappa shape index (κ3) is 3.65. The van der Waals surface area contributed by atoms with Crippen molar-refractivity contribution in [3.63, 3.8) is 0 Å². The third-order valence-electron chi connectivity index (χ3n) is 6.15. The number of aromatic amines is 1. The van der Waals surface area contributed by atoms with E-state index in [1.165, 1.54) is 0 Å². The number of carbonyl (C=O) groups excluding carboxylic acids is 1. The molecule has 0 bridgehead atoms. The zero-order valence-corrected chi connectivity index (χ0v) is 17.7. The van der Waals surface area contributed by atoms with Crippen molar-refractivity contribution in [1.29, 1.82) is 0 Å². The van der Waals surface area contributed by atoms with Crippen LogP contribution >= 0.6 is 0 Å². The molecule has 0 saturated carbocycles. The smallest absolute Gasteiger partial charge is 0.238 e. The lowest BCUT2D eigenvalue weighted by atomic mass is 9.99. The summed E-state index contributed by atoms with van der Waals surface area (Å²) in [5.41, 5.74) is 5.66. The van der Waals surface area contributed by atoms with Gasteiger partial charge in [-0.2, -0.15) is 0 Å². The summed E-state index contributed by atoms with van der Waals surface area (Å²) in [5, 5.41) is 3.63. The average Bonchev–Trinajstić information content (AvgIpc) is 2.77. The highest BCUT2D eigenvalue weighted by atomic mass is 16.6. The molecule has 2 aromatic carbocycles. The lowest BCUT2D eigenvalue weighted by molar-refractivity contribution is -0.117. The van der Waals surface area contributed by atoms with Crippen LogP contribution in [0.5, 0.6) is 11.5 Å². The molecule has 0 unspecified atom stereocenters. The number of H-pyrrole nitrogens is 1. The number of nitrogens with one attached hydrogen (secondary N) is 2. The van der Waals surface area contributed by atoms with Gasteiger partial charge in [0.15, 0.2) is 16.9 Å². The van der Waals surface area contributed by atoms with E-state index < -0.39 is 0 Å². The topological polar surface area (TPSA) is 83.7 Å². The number of nitrogens with zero attached hydrogens (tertiary/aromatic N) is 1. The Hall–Kier alpha value is -3.32. The van der Waals surface area contributed by atoms with E-state index in [4.69, 9.17) is 9.47 Å². The van der Waals surface area contributed by atoms with Crippen LogP contribution in [0.1, 0.15) is 22.4 Å². The molecule has 0 atom stereocenters. The molecular weight excluding hydrogens is 394 g/mol. The Bertz CT molecular complexity index is 1250. The summed E-state index contributed by atoms with van der Waals surface area (Å²) in [5.74, 6) is 1.21. The molecule has 0 saturated heterocycles. The summed E-state index contributed by atoms with van der Waals surface area (Å²) in [6.45, 7) is 6.52. The van der Waals surface area contributed by atoms with Crippen LogP contribution in [0.4, 0.5) is 5.69 Å². The van der Waals surface area contributed by atoms with Gasteiger partial charge in [-0.25, -0.2) is 0 Å². The molecule has 7 heteroatoms. The van der Waals surface area contributed by atoms with E-state index in [1.807, 2.05) is 24.0 Å². The van der Waals surface area contributed by atoms with Crippen LogP contribution in [0, 0.1) is 13.8 Å². The molecule has 2 N–H and O–H groups in total. The molecule has 1 amide bonds.